The third-order valence-electron chi connectivity index (χ3n) is 4.65. The highest BCUT2D eigenvalue weighted by atomic mass is 16.2. The number of aryl methyl sites for hydroxylation is 1. The van der Waals surface area contributed by atoms with Gasteiger partial charge in [-0.05, 0) is 18.1 Å². The van der Waals surface area contributed by atoms with E-state index in [0.29, 0.717) is 23.4 Å². The zero-order chi connectivity index (χ0) is 20.5. The van der Waals surface area contributed by atoms with Crippen LogP contribution in [0.25, 0.3) is 10.9 Å². The minimum atomic E-state index is -0.235. The third-order valence-corrected chi connectivity index (χ3v) is 4.65. The average Bonchev–Trinajstić information content (AvgIpc) is 2.68. The normalized spacial score (nSPS) is 12.3. The SMILES string of the molecule is C=CCN(CC=C)C(CNC(=O)CCn1nnc2ccccc2c1=O)C(C)C. The molecule has 7 nitrogen and oxygen atoms in total. The van der Waals surface area contributed by atoms with Crippen molar-refractivity contribution < 1.29 is 4.79 Å². The largest absolute Gasteiger partial charge is 0.354 e. The fourth-order valence-corrected chi connectivity index (χ4v) is 3.15. The number of hydrogen-bond donors (Lipinski definition) is 1. The first-order valence-corrected chi connectivity index (χ1v) is 9.53. The van der Waals surface area contributed by atoms with Gasteiger partial charge in [-0.15, -0.1) is 18.3 Å². The quantitative estimate of drug-likeness (QED) is 0.600. The number of carbonyl (C=O) groups excluding carboxylic acids is 1. The number of rotatable bonds is 11. The van der Waals surface area contributed by atoms with Crippen molar-refractivity contribution >= 4 is 16.8 Å². The van der Waals surface area contributed by atoms with E-state index in [2.05, 4.69) is 47.5 Å². The summed E-state index contributed by atoms with van der Waals surface area (Å²) in [4.78, 5) is 27.0. The van der Waals surface area contributed by atoms with Gasteiger partial charge in [0.15, 0.2) is 0 Å². The van der Waals surface area contributed by atoms with E-state index in [1.807, 2.05) is 12.2 Å². The molecule has 7 heteroatoms. The predicted molar refractivity (Wildman–Crippen MR) is 112 cm³/mol. The summed E-state index contributed by atoms with van der Waals surface area (Å²) in [5.41, 5.74) is 0.319. The molecule has 0 aliphatic rings. The summed E-state index contributed by atoms with van der Waals surface area (Å²) in [6.07, 6.45) is 3.87. The molecule has 0 fully saturated rings. The van der Waals surface area contributed by atoms with Crippen LogP contribution in [0.15, 0.2) is 54.4 Å². The molecule has 150 valence electrons. The second-order valence-electron chi connectivity index (χ2n) is 7.03. The monoisotopic (exact) mass is 383 g/mol. The minimum Gasteiger partial charge on any atom is -0.354 e. The van der Waals surface area contributed by atoms with Crippen LogP contribution in [0.2, 0.25) is 0 Å². The maximum atomic E-state index is 12.4. The van der Waals surface area contributed by atoms with Crippen LogP contribution in [-0.4, -0.2) is 51.5 Å². The molecule has 0 saturated heterocycles. The Balaban J connectivity index is 1.96. The Morgan fingerprint density at radius 1 is 1.25 bits per heavy atom. The molecule has 0 bridgehead atoms. The lowest BCUT2D eigenvalue weighted by Gasteiger charge is -2.33. The van der Waals surface area contributed by atoms with E-state index in [1.54, 1.807) is 24.3 Å². The second kappa shape index (κ2) is 10.5. The molecule has 1 N–H and O–H groups in total. The molecule has 1 unspecified atom stereocenters. The van der Waals surface area contributed by atoms with Gasteiger partial charge in [-0.25, -0.2) is 4.68 Å². The topological polar surface area (TPSA) is 80.1 Å². The predicted octanol–water partition coefficient (Wildman–Crippen LogP) is 2.00. The van der Waals surface area contributed by atoms with E-state index in [-0.39, 0.29) is 30.5 Å². The van der Waals surface area contributed by atoms with E-state index in [9.17, 15) is 9.59 Å². The molecule has 1 aromatic heterocycles. The fourth-order valence-electron chi connectivity index (χ4n) is 3.15. The zero-order valence-corrected chi connectivity index (χ0v) is 16.7. The van der Waals surface area contributed by atoms with Gasteiger partial charge >= 0.3 is 0 Å². The first-order chi connectivity index (χ1) is 13.5. The molecule has 1 aromatic carbocycles. The molecule has 1 atom stereocenters. The second-order valence-corrected chi connectivity index (χ2v) is 7.03. The summed E-state index contributed by atoms with van der Waals surface area (Å²) in [7, 11) is 0. The van der Waals surface area contributed by atoms with E-state index in [4.69, 9.17) is 0 Å². The smallest absolute Gasteiger partial charge is 0.277 e. The number of benzene rings is 1. The van der Waals surface area contributed by atoms with E-state index in [1.165, 1.54) is 4.68 Å². The average molecular weight is 383 g/mol. The van der Waals surface area contributed by atoms with Crippen molar-refractivity contribution in [2.24, 2.45) is 5.92 Å². The van der Waals surface area contributed by atoms with Crippen molar-refractivity contribution in [1.29, 1.82) is 0 Å². The van der Waals surface area contributed by atoms with Crippen LogP contribution in [0.5, 0.6) is 0 Å². The van der Waals surface area contributed by atoms with E-state index in [0.717, 1.165) is 13.1 Å². The molecule has 2 aromatic rings. The molecule has 0 saturated carbocycles. The molecule has 0 aliphatic heterocycles. The summed E-state index contributed by atoms with van der Waals surface area (Å²) in [5.74, 6) is 0.235. The van der Waals surface area contributed by atoms with Gasteiger partial charge in [0.1, 0.15) is 5.52 Å². The van der Waals surface area contributed by atoms with Gasteiger partial charge in [0.25, 0.3) is 5.56 Å². The van der Waals surface area contributed by atoms with Gasteiger partial charge < -0.3 is 5.32 Å². The van der Waals surface area contributed by atoms with E-state index < -0.39 is 0 Å². The van der Waals surface area contributed by atoms with Gasteiger partial charge in [0.05, 0.1) is 11.9 Å². The molecule has 0 radical (unpaired) electrons. The molecular weight excluding hydrogens is 354 g/mol. The Hall–Kier alpha value is -2.80. The molecule has 28 heavy (non-hydrogen) atoms. The standard InChI is InChI=1S/C21H29N5O2/c1-5-12-25(13-6-2)19(16(3)4)15-22-20(27)11-14-26-21(28)17-9-7-8-10-18(17)23-24-26/h5-10,16,19H,1-2,11-15H2,3-4H3,(H,22,27). The summed E-state index contributed by atoms with van der Waals surface area (Å²) in [6.45, 7) is 14.0. The number of amides is 1. The van der Waals surface area contributed by atoms with Gasteiger partial charge in [-0.1, -0.05) is 43.3 Å². The Bertz CT molecular complexity index is 864. The molecule has 2 rings (SSSR count). The number of hydrogen-bond acceptors (Lipinski definition) is 5. The molecular formula is C21H29N5O2. The molecule has 1 amide bonds. The van der Waals surface area contributed by atoms with Crippen LogP contribution in [0, 0.1) is 5.92 Å². The van der Waals surface area contributed by atoms with Crippen molar-refractivity contribution in [2.45, 2.75) is 32.9 Å². The number of carbonyl (C=O) groups is 1. The van der Waals surface area contributed by atoms with Crippen LogP contribution in [-0.2, 0) is 11.3 Å². The first kappa shape index (κ1) is 21.5. The Morgan fingerprint density at radius 3 is 2.57 bits per heavy atom. The molecule has 1 heterocycles. The van der Waals surface area contributed by atoms with Crippen molar-refractivity contribution in [3.8, 4) is 0 Å². The highest BCUT2D eigenvalue weighted by molar-refractivity contribution is 5.77. The first-order valence-electron chi connectivity index (χ1n) is 9.53. The van der Waals surface area contributed by atoms with Crippen molar-refractivity contribution in [1.82, 2.24) is 25.2 Å². The lowest BCUT2D eigenvalue weighted by molar-refractivity contribution is -0.121. The number of nitrogens with one attached hydrogen (secondary N) is 1. The van der Waals surface area contributed by atoms with Crippen molar-refractivity contribution in [3.05, 3.63) is 59.9 Å². The lowest BCUT2D eigenvalue weighted by atomic mass is 10.0. The maximum absolute atomic E-state index is 12.4. The minimum absolute atomic E-state index is 0.121. The van der Waals surface area contributed by atoms with Crippen LogP contribution in [0.4, 0.5) is 0 Å². The fraction of sp³-hybridized carbons (Fsp3) is 0.429. The van der Waals surface area contributed by atoms with Crippen LogP contribution >= 0.6 is 0 Å². The molecule has 0 aliphatic carbocycles. The maximum Gasteiger partial charge on any atom is 0.277 e. The highest BCUT2D eigenvalue weighted by Crippen LogP contribution is 2.10. The highest BCUT2D eigenvalue weighted by Gasteiger charge is 2.20. The Morgan fingerprint density at radius 2 is 1.93 bits per heavy atom. The van der Waals surface area contributed by atoms with E-state index >= 15 is 0 Å². The van der Waals surface area contributed by atoms with Crippen LogP contribution in [0.1, 0.15) is 20.3 Å². The lowest BCUT2D eigenvalue weighted by Crippen LogP contribution is -2.47. The van der Waals surface area contributed by atoms with Crippen molar-refractivity contribution in [3.63, 3.8) is 0 Å². The third kappa shape index (κ3) is 5.60. The Labute approximate surface area is 165 Å². The van der Waals surface area contributed by atoms with Crippen molar-refractivity contribution in [2.75, 3.05) is 19.6 Å². The number of nitrogens with zero attached hydrogens (tertiary/aromatic N) is 4. The summed E-state index contributed by atoms with van der Waals surface area (Å²) in [5, 5.41) is 11.4. The summed E-state index contributed by atoms with van der Waals surface area (Å²) < 4.78 is 1.24. The van der Waals surface area contributed by atoms with Gasteiger partial charge in [0, 0.05) is 32.1 Å². The van der Waals surface area contributed by atoms with Crippen LogP contribution in [0.3, 0.4) is 0 Å². The Kier molecular flexibility index (Phi) is 8.07. The molecule has 0 spiro atoms. The van der Waals surface area contributed by atoms with Gasteiger partial charge in [-0.2, -0.15) is 0 Å². The number of fused-ring (bicyclic) bond motifs is 1. The number of aromatic nitrogens is 3. The van der Waals surface area contributed by atoms with Gasteiger partial charge in [0.2, 0.25) is 5.91 Å². The van der Waals surface area contributed by atoms with Crippen LogP contribution < -0.4 is 10.9 Å². The summed E-state index contributed by atoms with van der Waals surface area (Å²) in [6, 6.07) is 7.21. The summed E-state index contributed by atoms with van der Waals surface area (Å²) >= 11 is 0. The zero-order valence-electron chi connectivity index (χ0n) is 16.7. The van der Waals surface area contributed by atoms with Gasteiger partial charge in [-0.3, -0.25) is 14.5 Å².